The first-order chi connectivity index (χ1) is 7.68. The summed E-state index contributed by atoms with van der Waals surface area (Å²) in [7, 11) is 0. The van der Waals surface area contributed by atoms with E-state index in [-0.39, 0.29) is 12.1 Å². The molecule has 0 aliphatic rings. The number of aliphatic hydroxyl groups is 1. The third-order valence-corrected chi connectivity index (χ3v) is 2.86. The maximum Gasteiger partial charge on any atom is 0.0610 e. The standard InChI is InChI=1S/C13H29NO2/c1-4-6-7-10-16-11-8-9-13(3,12-15)14-5-2/h14-15H,4-12H2,1-3H3. The molecule has 3 nitrogen and oxygen atoms in total. The van der Waals surface area contributed by atoms with Gasteiger partial charge in [0.15, 0.2) is 0 Å². The Bertz CT molecular complexity index is 153. The lowest BCUT2D eigenvalue weighted by atomic mass is 9.97. The van der Waals surface area contributed by atoms with Gasteiger partial charge in [0.1, 0.15) is 0 Å². The highest BCUT2D eigenvalue weighted by Gasteiger charge is 2.20. The number of hydrogen-bond donors (Lipinski definition) is 2. The summed E-state index contributed by atoms with van der Waals surface area (Å²) < 4.78 is 5.54. The molecule has 0 spiro atoms. The quantitative estimate of drug-likeness (QED) is 0.536. The molecule has 0 aliphatic heterocycles. The molecule has 1 unspecified atom stereocenters. The highest BCUT2D eigenvalue weighted by molar-refractivity contribution is 4.81. The predicted octanol–water partition coefficient (Wildman–Crippen LogP) is 2.33. The first-order valence-corrected chi connectivity index (χ1v) is 6.62. The van der Waals surface area contributed by atoms with Crippen LogP contribution in [-0.4, -0.2) is 37.0 Å². The molecule has 0 radical (unpaired) electrons. The van der Waals surface area contributed by atoms with Crippen molar-refractivity contribution in [3.8, 4) is 0 Å². The highest BCUT2D eigenvalue weighted by atomic mass is 16.5. The van der Waals surface area contributed by atoms with Crippen LogP contribution in [0, 0.1) is 0 Å². The van der Waals surface area contributed by atoms with Gasteiger partial charge in [0.25, 0.3) is 0 Å². The van der Waals surface area contributed by atoms with Crippen molar-refractivity contribution in [1.82, 2.24) is 5.32 Å². The zero-order chi connectivity index (χ0) is 12.3. The molecular weight excluding hydrogens is 202 g/mol. The van der Waals surface area contributed by atoms with Gasteiger partial charge >= 0.3 is 0 Å². The Balaban J connectivity index is 3.41. The zero-order valence-electron chi connectivity index (χ0n) is 11.2. The number of rotatable bonds is 11. The maximum atomic E-state index is 9.29. The molecule has 98 valence electrons. The van der Waals surface area contributed by atoms with E-state index in [4.69, 9.17) is 4.74 Å². The van der Waals surface area contributed by atoms with Crippen LogP contribution in [0.25, 0.3) is 0 Å². The van der Waals surface area contributed by atoms with Crippen molar-refractivity contribution in [1.29, 1.82) is 0 Å². The Morgan fingerprint density at radius 3 is 2.38 bits per heavy atom. The third-order valence-electron chi connectivity index (χ3n) is 2.86. The molecule has 0 aromatic heterocycles. The van der Waals surface area contributed by atoms with Gasteiger partial charge in [-0.2, -0.15) is 0 Å². The van der Waals surface area contributed by atoms with Gasteiger partial charge in [-0.25, -0.2) is 0 Å². The molecule has 0 heterocycles. The number of nitrogens with one attached hydrogen (secondary N) is 1. The van der Waals surface area contributed by atoms with Crippen LogP contribution in [-0.2, 0) is 4.74 Å². The van der Waals surface area contributed by atoms with Crippen molar-refractivity contribution < 1.29 is 9.84 Å². The molecule has 0 saturated heterocycles. The van der Waals surface area contributed by atoms with E-state index in [1.807, 2.05) is 0 Å². The van der Waals surface area contributed by atoms with Crippen LogP contribution in [0.5, 0.6) is 0 Å². The average Bonchev–Trinajstić information content (AvgIpc) is 2.28. The summed E-state index contributed by atoms with van der Waals surface area (Å²) >= 11 is 0. The second-order valence-electron chi connectivity index (χ2n) is 4.67. The topological polar surface area (TPSA) is 41.5 Å². The molecule has 0 aromatic carbocycles. The van der Waals surface area contributed by atoms with E-state index >= 15 is 0 Å². The Hall–Kier alpha value is -0.120. The lowest BCUT2D eigenvalue weighted by molar-refractivity contribution is 0.108. The van der Waals surface area contributed by atoms with Crippen LogP contribution in [0.4, 0.5) is 0 Å². The lowest BCUT2D eigenvalue weighted by Gasteiger charge is -2.28. The molecule has 0 amide bonds. The van der Waals surface area contributed by atoms with E-state index in [2.05, 4.69) is 26.1 Å². The van der Waals surface area contributed by atoms with E-state index in [0.717, 1.165) is 32.6 Å². The largest absolute Gasteiger partial charge is 0.394 e. The Labute approximate surface area is 101 Å². The molecular formula is C13H29NO2. The van der Waals surface area contributed by atoms with E-state index in [9.17, 15) is 5.11 Å². The summed E-state index contributed by atoms with van der Waals surface area (Å²) in [5.41, 5.74) is -0.137. The van der Waals surface area contributed by atoms with Gasteiger partial charge in [-0.3, -0.25) is 0 Å². The van der Waals surface area contributed by atoms with Gasteiger partial charge in [0, 0.05) is 18.8 Å². The SMILES string of the molecule is CCCCCOCCCC(C)(CO)NCC. The number of unbranched alkanes of at least 4 members (excludes halogenated alkanes) is 2. The molecule has 0 saturated carbocycles. The molecule has 2 N–H and O–H groups in total. The van der Waals surface area contributed by atoms with Crippen LogP contribution >= 0.6 is 0 Å². The first-order valence-electron chi connectivity index (χ1n) is 6.62. The van der Waals surface area contributed by atoms with Crippen molar-refractivity contribution in [2.75, 3.05) is 26.4 Å². The molecule has 0 aromatic rings. The fourth-order valence-electron chi connectivity index (χ4n) is 1.77. The second-order valence-corrected chi connectivity index (χ2v) is 4.67. The summed E-state index contributed by atoms with van der Waals surface area (Å²) in [5.74, 6) is 0. The summed E-state index contributed by atoms with van der Waals surface area (Å²) in [5, 5.41) is 12.6. The van der Waals surface area contributed by atoms with Crippen LogP contribution in [0.2, 0.25) is 0 Å². The molecule has 0 aliphatic carbocycles. The van der Waals surface area contributed by atoms with Crippen LogP contribution in [0.1, 0.15) is 52.9 Å². The molecule has 16 heavy (non-hydrogen) atoms. The third kappa shape index (κ3) is 8.08. The predicted molar refractivity (Wildman–Crippen MR) is 68.7 cm³/mol. The van der Waals surface area contributed by atoms with Crippen molar-refractivity contribution in [3.63, 3.8) is 0 Å². The van der Waals surface area contributed by atoms with Gasteiger partial charge < -0.3 is 15.2 Å². The molecule has 0 rings (SSSR count). The van der Waals surface area contributed by atoms with E-state index in [1.165, 1.54) is 19.3 Å². The Morgan fingerprint density at radius 1 is 1.12 bits per heavy atom. The van der Waals surface area contributed by atoms with E-state index in [1.54, 1.807) is 0 Å². The fraction of sp³-hybridized carbons (Fsp3) is 1.00. The van der Waals surface area contributed by atoms with Gasteiger partial charge in [0.05, 0.1) is 6.61 Å². The maximum absolute atomic E-state index is 9.29. The average molecular weight is 231 g/mol. The minimum atomic E-state index is -0.137. The van der Waals surface area contributed by atoms with Crippen molar-refractivity contribution in [2.24, 2.45) is 0 Å². The molecule has 3 heteroatoms. The molecule has 1 atom stereocenters. The van der Waals surface area contributed by atoms with Gasteiger partial charge in [-0.1, -0.05) is 26.7 Å². The Morgan fingerprint density at radius 2 is 1.81 bits per heavy atom. The normalized spacial score (nSPS) is 15.0. The fourth-order valence-corrected chi connectivity index (χ4v) is 1.77. The van der Waals surface area contributed by atoms with Gasteiger partial charge in [-0.05, 0) is 32.7 Å². The molecule has 0 fully saturated rings. The highest BCUT2D eigenvalue weighted by Crippen LogP contribution is 2.11. The zero-order valence-corrected chi connectivity index (χ0v) is 11.2. The van der Waals surface area contributed by atoms with Crippen LogP contribution < -0.4 is 5.32 Å². The minimum absolute atomic E-state index is 0.137. The number of ether oxygens (including phenoxy) is 1. The van der Waals surface area contributed by atoms with Crippen molar-refractivity contribution >= 4 is 0 Å². The Kier molecular flexibility index (Phi) is 9.99. The van der Waals surface area contributed by atoms with Gasteiger partial charge in [-0.15, -0.1) is 0 Å². The molecule has 0 bridgehead atoms. The van der Waals surface area contributed by atoms with Gasteiger partial charge in [0.2, 0.25) is 0 Å². The van der Waals surface area contributed by atoms with Crippen molar-refractivity contribution in [3.05, 3.63) is 0 Å². The monoisotopic (exact) mass is 231 g/mol. The second kappa shape index (κ2) is 10.1. The lowest BCUT2D eigenvalue weighted by Crippen LogP contribution is -2.45. The van der Waals surface area contributed by atoms with Crippen LogP contribution in [0.15, 0.2) is 0 Å². The first kappa shape index (κ1) is 15.9. The number of hydrogen-bond acceptors (Lipinski definition) is 3. The summed E-state index contributed by atoms with van der Waals surface area (Å²) in [6.45, 7) is 9.10. The number of likely N-dealkylation sites (N-methyl/N-ethyl adjacent to an activating group) is 1. The number of aliphatic hydroxyl groups excluding tert-OH is 1. The van der Waals surface area contributed by atoms with Crippen LogP contribution in [0.3, 0.4) is 0 Å². The van der Waals surface area contributed by atoms with E-state index in [0.29, 0.717) is 0 Å². The summed E-state index contributed by atoms with van der Waals surface area (Å²) in [6.07, 6.45) is 5.64. The van der Waals surface area contributed by atoms with Crippen molar-refractivity contribution in [2.45, 2.75) is 58.4 Å². The smallest absolute Gasteiger partial charge is 0.0610 e. The van der Waals surface area contributed by atoms with E-state index < -0.39 is 0 Å². The summed E-state index contributed by atoms with van der Waals surface area (Å²) in [4.78, 5) is 0. The summed E-state index contributed by atoms with van der Waals surface area (Å²) in [6, 6.07) is 0. The minimum Gasteiger partial charge on any atom is -0.394 e.